The van der Waals surface area contributed by atoms with Crippen LogP contribution in [0.3, 0.4) is 0 Å². The van der Waals surface area contributed by atoms with Crippen molar-refractivity contribution in [2.45, 2.75) is 26.8 Å². The molecule has 0 radical (unpaired) electrons. The Morgan fingerprint density at radius 2 is 2.16 bits per heavy atom. The first kappa shape index (κ1) is 15.0. The van der Waals surface area contributed by atoms with E-state index in [9.17, 15) is 9.59 Å². The highest BCUT2D eigenvalue weighted by Crippen LogP contribution is 2.09. The first-order chi connectivity index (χ1) is 8.81. The van der Waals surface area contributed by atoms with E-state index in [0.29, 0.717) is 6.54 Å². The number of carbonyl (C=O) groups is 2. The van der Waals surface area contributed by atoms with Gasteiger partial charge in [0.25, 0.3) is 0 Å². The maximum Gasteiger partial charge on any atom is 0.314 e. The van der Waals surface area contributed by atoms with Crippen LogP contribution >= 0.6 is 0 Å². The molecular weight excluding hydrogens is 246 g/mol. The Hall–Kier alpha value is -2.05. The molecule has 0 aliphatic carbocycles. The fraction of sp³-hybridized carbons (Fsp3) is 0.583. The van der Waals surface area contributed by atoms with Crippen molar-refractivity contribution in [1.29, 1.82) is 0 Å². The van der Waals surface area contributed by atoms with Crippen molar-refractivity contribution in [3.8, 4) is 0 Å². The highest BCUT2D eigenvalue weighted by molar-refractivity contribution is 5.83. The summed E-state index contributed by atoms with van der Waals surface area (Å²) in [4.78, 5) is 23.5. The topological polar surface area (TPSA) is 93.3 Å². The summed E-state index contributed by atoms with van der Waals surface area (Å²) in [5, 5.41) is 7.11. The molecule has 0 spiro atoms. The van der Waals surface area contributed by atoms with Gasteiger partial charge in [-0.15, -0.1) is 0 Å². The fourth-order valence-corrected chi connectivity index (χ4v) is 1.79. The second kappa shape index (κ2) is 6.21. The lowest BCUT2D eigenvalue weighted by atomic mass is 10.3. The van der Waals surface area contributed by atoms with Crippen molar-refractivity contribution >= 4 is 11.9 Å². The molecule has 0 unspecified atom stereocenters. The zero-order valence-corrected chi connectivity index (χ0v) is 11.8. The van der Waals surface area contributed by atoms with Gasteiger partial charge in [0.15, 0.2) is 0 Å². The van der Waals surface area contributed by atoms with Crippen LogP contribution < -0.4 is 11.1 Å². The fourth-order valence-electron chi connectivity index (χ4n) is 1.79. The van der Waals surface area contributed by atoms with Crippen LogP contribution in [0.15, 0.2) is 6.07 Å². The predicted octanol–water partition coefficient (Wildman–Crippen LogP) is 0.188. The summed E-state index contributed by atoms with van der Waals surface area (Å²) in [6, 6.07) is 1.41. The van der Waals surface area contributed by atoms with E-state index in [4.69, 9.17) is 5.73 Å². The van der Waals surface area contributed by atoms with Crippen molar-refractivity contribution in [2.24, 2.45) is 5.73 Å². The summed E-state index contributed by atoms with van der Waals surface area (Å²) in [6.45, 7) is 6.28. The zero-order valence-electron chi connectivity index (χ0n) is 11.8. The van der Waals surface area contributed by atoms with Crippen molar-refractivity contribution < 1.29 is 9.59 Å². The number of likely N-dealkylation sites (N-methyl/N-ethyl adjacent to an activating group) is 1. The Labute approximate surface area is 112 Å². The van der Waals surface area contributed by atoms with Gasteiger partial charge in [-0.2, -0.15) is 5.10 Å². The minimum absolute atomic E-state index is 0.0425. The molecular formula is C12H21N5O2. The van der Waals surface area contributed by atoms with E-state index >= 15 is 0 Å². The minimum Gasteiger partial charge on any atom is -0.352 e. The molecule has 3 amide bonds. The number of aromatic nitrogens is 2. The standard InChI is InChI=1S/C12H21N5O2/c1-8-5-9(2)17(15-8)10(3)6-14-11(18)7-16(4)12(13)19/h5,10H,6-7H2,1-4H3,(H2,13,19)(H,14,18)/t10-/m1/s1. The maximum atomic E-state index is 11.6. The van der Waals surface area contributed by atoms with E-state index in [-0.39, 0.29) is 18.5 Å². The number of rotatable bonds is 5. The Morgan fingerprint density at radius 1 is 1.53 bits per heavy atom. The highest BCUT2D eigenvalue weighted by atomic mass is 16.2. The van der Waals surface area contributed by atoms with Crippen LogP contribution in [0.1, 0.15) is 24.4 Å². The second-order valence-corrected chi connectivity index (χ2v) is 4.72. The molecule has 106 valence electrons. The van der Waals surface area contributed by atoms with Gasteiger partial charge in [0, 0.05) is 19.3 Å². The second-order valence-electron chi connectivity index (χ2n) is 4.72. The Morgan fingerprint density at radius 3 is 2.63 bits per heavy atom. The highest BCUT2D eigenvalue weighted by Gasteiger charge is 2.13. The summed E-state index contributed by atoms with van der Waals surface area (Å²) in [6.07, 6.45) is 0. The minimum atomic E-state index is -0.623. The number of urea groups is 1. The van der Waals surface area contributed by atoms with E-state index in [2.05, 4.69) is 10.4 Å². The van der Waals surface area contributed by atoms with Crippen molar-refractivity contribution in [2.75, 3.05) is 20.1 Å². The molecule has 1 rings (SSSR count). The summed E-state index contributed by atoms with van der Waals surface area (Å²) in [7, 11) is 1.48. The predicted molar refractivity (Wildman–Crippen MR) is 71.6 cm³/mol. The van der Waals surface area contributed by atoms with E-state index in [0.717, 1.165) is 16.3 Å². The molecule has 1 atom stereocenters. The van der Waals surface area contributed by atoms with Crippen LogP contribution in [0, 0.1) is 13.8 Å². The van der Waals surface area contributed by atoms with Crippen molar-refractivity contribution in [3.63, 3.8) is 0 Å². The summed E-state index contributed by atoms with van der Waals surface area (Å²) in [5.74, 6) is -0.241. The lowest BCUT2D eigenvalue weighted by Crippen LogP contribution is -2.42. The Bertz CT molecular complexity index is 469. The molecule has 0 saturated heterocycles. The van der Waals surface area contributed by atoms with Gasteiger partial charge in [-0.05, 0) is 26.8 Å². The lowest BCUT2D eigenvalue weighted by Gasteiger charge is -2.17. The molecule has 0 bridgehead atoms. The number of hydrogen-bond acceptors (Lipinski definition) is 3. The van der Waals surface area contributed by atoms with Gasteiger partial charge in [-0.25, -0.2) is 4.79 Å². The van der Waals surface area contributed by atoms with Gasteiger partial charge in [-0.1, -0.05) is 0 Å². The molecule has 0 aliphatic heterocycles. The first-order valence-electron chi connectivity index (χ1n) is 6.11. The number of nitrogens with zero attached hydrogens (tertiary/aromatic N) is 3. The zero-order chi connectivity index (χ0) is 14.6. The molecule has 0 aliphatic rings. The Balaban J connectivity index is 2.46. The molecule has 0 aromatic carbocycles. The number of carbonyl (C=O) groups excluding carboxylic acids is 2. The van der Waals surface area contributed by atoms with Gasteiger partial charge in [0.1, 0.15) is 6.54 Å². The summed E-state index contributed by atoms with van der Waals surface area (Å²) >= 11 is 0. The van der Waals surface area contributed by atoms with Crippen LogP contribution in [-0.4, -0.2) is 46.8 Å². The quantitative estimate of drug-likeness (QED) is 0.797. The number of primary amides is 1. The summed E-state index contributed by atoms with van der Waals surface area (Å²) in [5.41, 5.74) is 7.04. The molecule has 7 nitrogen and oxygen atoms in total. The normalized spacial score (nSPS) is 12.0. The van der Waals surface area contributed by atoms with Gasteiger partial charge >= 0.3 is 6.03 Å². The van der Waals surface area contributed by atoms with Crippen LogP contribution in [0.2, 0.25) is 0 Å². The monoisotopic (exact) mass is 267 g/mol. The van der Waals surface area contributed by atoms with Gasteiger partial charge in [0.2, 0.25) is 5.91 Å². The Kier molecular flexibility index (Phi) is 4.91. The average molecular weight is 267 g/mol. The van der Waals surface area contributed by atoms with Crippen LogP contribution in [0.25, 0.3) is 0 Å². The van der Waals surface area contributed by atoms with Crippen LogP contribution in [0.5, 0.6) is 0 Å². The third-order valence-electron chi connectivity index (χ3n) is 2.81. The van der Waals surface area contributed by atoms with E-state index in [1.807, 2.05) is 31.5 Å². The van der Waals surface area contributed by atoms with E-state index in [1.54, 1.807) is 0 Å². The maximum absolute atomic E-state index is 11.6. The average Bonchev–Trinajstić information content (AvgIpc) is 2.65. The van der Waals surface area contributed by atoms with Crippen molar-refractivity contribution in [1.82, 2.24) is 20.0 Å². The number of hydrogen-bond donors (Lipinski definition) is 2. The molecule has 19 heavy (non-hydrogen) atoms. The van der Waals surface area contributed by atoms with Crippen LogP contribution in [0.4, 0.5) is 4.79 Å². The summed E-state index contributed by atoms with van der Waals surface area (Å²) < 4.78 is 1.87. The first-order valence-corrected chi connectivity index (χ1v) is 6.11. The van der Waals surface area contributed by atoms with E-state index in [1.165, 1.54) is 7.05 Å². The van der Waals surface area contributed by atoms with E-state index < -0.39 is 6.03 Å². The molecule has 1 aromatic rings. The molecule has 3 N–H and O–H groups in total. The number of nitrogens with one attached hydrogen (secondary N) is 1. The lowest BCUT2D eigenvalue weighted by molar-refractivity contribution is -0.121. The smallest absolute Gasteiger partial charge is 0.314 e. The van der Waals surface area contributed by atoms with Gasteiger partial charge < -0.3 is 16.0 Å². The van der Waals surface area contributed by atoms with Gasteiger partial charge in [-0.3, -0.25) is 9.48 Å². The molecule has 0 saturated carbocycles. The third-order valence-corrected chi connectivity index (χ3v) is 2.81. The molecule has 1 heterocycles. The SMILES string of the molecule is Cc1cc(C)n([C@H](C)CNC(=O)CN(C)C(N)=O)n1. The molecule has 0 fully saturated rings. The number of amides is 3. The van der Waals surface area contributed by atoms with Crippen LogP contribution in [-0.2, 0) is 4.79 Å². The molecule has 7 heteroatoms. The third kappa shape index (κ3) is 4.27. The van der Waals surface area contributed by atoms with Crippen molar-refractivity contribution in [3.05, 3.63) is 17.5 Å². The largest absolute Gasteiger partial charge is 0.352 e. The van der Waals surface area contributed by atoms with Gasteiger partial charge in [0.05, 0.1) is 11.7 Å². The number of aryl methyl sites for hydroxylation is 2. The number of nitrogens with two attached hydrogens (primary N) is 1. The molecule has 1 aromatic heterocycles.